The van der Waals surface area contributed by atoms with Crippen LogP contribution >= 0.6 is 0 Å². The average molecular weight is 405 g/mol. The molecule has 4 rings (SSSR count). The molecule has 0 aliphatic carbocycles. The van der Waals surface area contributed by atoms with Gasteiger partial charge in [-0.15, -0.1) is 0 Å². The highest BCUT2D eigenvalue weighted by Crippen LogP contribution is 2.23. The largest absolute Gasteiger partial charge is 0.481 e. The maximum atomic E-state index is 10.8. The van der Waals surface area contributed by atoms with Crippen molar-refractivity contribution in [3.05, 3.63) is 60.4 Å². The van der Waals surface area contributed by atoms with Gasteiger partial charge in [0.25, 0.3) is 0 Å². The molecule has 3 aromatic rings. The molecule has 30 heavy (non-hydrogen) atoms. The molecule has 0 atom stereocenters. The molecule has 2 N–H and O–H groups in total. The lowest BCUT2D eigenvalue weighted by Gasteiger charge is -2.27. The van der Waals surface area contributed by atoms with Crippen LogP contribution in [0, 0.1) is 0 Å². The number of hydrogen-bond acceptors (Lipinski definition) is 7. The highest BCUT2D eigenvalue weighted by molar-refractivity contribution is 5.70. The Kier molecular flexibility index (Phi) is 6.03. The van der Waals surface area contributed by atoms with Crippen molar-refractivity contribution in [2.75, 3.05) is 23.3 Å². The van der Waals surface area contributed by atoms with Crippen molar-refractivity contribution in [2.45, 2.75) is 25.7 Å². The molecule has 0 spiro atoms. The SMILES string of the molecule is O=C(O)Cc1ccc(Oc2cccc(Nc3cncc(N4CCCCC4)n3)n2)cc1. The van der Waals surface area contributed by atoms with E-state index in [0.717, 1.165) is 18.9 Å². The summed E-state index contributed by atoms with van der Waals surface area (Å²) >= 11 is 0. The maximum Gasteiger partial charge on any atom is 0.307 e. The smallest absolute Gasteiger partial charge is 0.307 e. The van der Waals surface area contributed by atoms with Gasteiger partial charge in [0, 0.05) is 19.2 Å². The van der Waals surface area contributed by atoms with Crippen LogP contribution < -0.4 is 15.0 Å². The first-order valence-electron chi connectivity index (χ1n) is 9.95. The summed E-state index contributed by atoms with van der Waals surface area (Å²) < 4.78 is 5.79. The van der Waals surface area contributed by atoms with Gasteiger partial charge in [-0.2, -0.15) is 4.98 Å². The van der Waals surface area contributed by atoms with Crippen molar-refractivity contribution < 1.29 is 14.6 Å². The molecule has 1 saturated heterocycles. The predicted molar refractivity (Wildman–Crippen MR) is 113 cm³/mol. The number of aliphatic carboxylic acids is 1. The maximum absolute atomic E-state index is 10.8. The summed E-state index contributed by atoms with van der Waals surface area (Å²) in [6, 6.07) is 12.3. The van der Waals surface area contributed by atoms with E-state index in [9.17, 15) is 4.79 Å². The van der Waals surface area contributed by atoms with Crippen molar-refractivity contribution in [2.24, 2.45) is 0 Å². The molecular formula is C22H23N5O3. The first-order chi connectivity index (χ1) is 14.7. The first kappa shape index (κ1) is 19.6. The number of ether oxygens (including phenoxy) is 1. The van der Waals surface area contributed by atoms with Crippen LogP contribution in [0.15, 0.2) is 54.9 Å². The van der Waals surface area contributed by atoms with Gasteiger partial charge in [0.1, 0.15) is 17.4 Å². The van der Waals surface area contributed by atoms with Crippen LogP contribution in [0.25, 0.3) is 0 Å². The lowest BCUT2D eigenvalue weighted by molar-refractivity contribution is -0.136. The number of pyridine rings is 1. The number of carboxylic acid groups (broad SMARTS) is 1. The Labute approximate surface area is 174 Å². The molecule has 0 amide bonds. The van der Waals surface area contributed by atoms with E-state index in [0.29, 0.717) is 28.8 Å². The highest BCUT2D eigenvalue weighted by atomic mass is 16.5. The van der Waals surface area contributed by atoms with Gasteiger partial charge in [-0.25, -0.2) is 4.98 Å². The Bertz CT molecular complexity index is 1000. The van der Waals surface area contributed by atoms with Crippen LogP contribution in [-0.4, -0.2) is 39.1 Å². The van der Waals surface area contributed by atoms with Gasteiger partial charge < -0.3 is 20.1 Å². The third-order valence-electron chi connectivity index (χ3n) is 4.78. The molecule has 1 aliphatic heterocycles. The summed E-state index contributed by atoms with van der Waals surface area (Å²) in [6.07, 6.45) is 7.06. The number of benzene rings is 1. The van der Waals surface area contributed by atoms with Crippen molar-refractivity contribution in [3.8, 4) is 11.6 Å². The molecule has 8 nitrogen and oxygen atoms in total. The van der Waals surface area contributed by atoms with Crippen LogP contribution in [-0.2, 0) is 11.2 Å². The Morgan fingerprint density at radius 3 is 2.57 bits per heavy atom. The lowest BCUT2D eigenvalue weighted by Crippen LogP contribution is -2.30. The van der Waals surface area contributed by atoms with E-state index >= 15 is 0 Å². The topological polar surface area (TPSA) is 100 Å². The third-order valence-corrected chi connectivity index (χ3v) is 4.78. The minimum atomic E-state index is -0.864. The molecule has 2 aromatic heterocycles. The summed E-state index contributed by atoms with van der Waals surface area (Å²) in [5.41, 5.74) is 0.713. The van der Waals surface area contributed by atoms with Gasteiger partial charge in [-0.1, -0.05) is 18.2 Å². The van der Waals surface area contributed by atoms with E-state index in [4.69, 9.17) is 9.84 Å². The number of nitrogens with one attached hydrogen (secondary N) is 1. The zero-order valence-electron chi connectivity index (χ0n) is 16.5. The fraction of sp³-hybridized carbons (Fsp3) is 0.273. The second kappa shape index (κ2) is 9.21. The summed E-state index contributed by atoms with van der Waals surface area (Å²) in [6.45, 7) is 2.01. The van der Waals surface area contributed by atoms with E-state index in [2.05, 4.69) is 25.2 Å². The number of rotatable bonds is 7. The second-order valence-corrected chi connectivity index (χ2v) is 7.11. The first-order valence-corrected chi connectivity index (χ1v) is 9.95. The predicted octanol–water partition coefficient (Wildman–Crippen LogP) is 4.02. The van der Waals surface area contributed by atoms with Gasteiger partial charge in [0.05, 0.1) is 18.8 Å². The van der Waals surface area contributed by atoms with Gasteiger partial charge in [0.2, 0.25) is 5.88 Å². The van der Waals surface area contributed by atoms with Crippen LogP contribution in [0.2, 0.25) is 0 Å². The third kappa shape index (κ3) is 5.22. The molecule has 1 aliphatic rings. The fourth-order valence-electron chi connectivity index (χ4n) is 3.33. The molecule has 0 bridgehead atoms. The van der Waals surface area contributed by atoms with Crippen molar-refractivity contribution >= 4 is 23.4 Å². The van der Waals surface area contributed by atoms with Gasteiger partial charge in [-0.3, -0.25) is 9.78 Å². The van der Waals surface area contributed by atoms with Crippen LogP contribution in [0.5, 0.6) is 11.6 Å². The monoisotopic (exact) mass is 405 g/mol. The van der Waals surface area contributed by atoms with E-state index < -0.39 is 5.97 Å². The Morgan fingerprint density at radius 1 is 1.00 bits per heavy atom. The fourth-order valence-corrected chi connectivity index (χ4v) is 3.33. The van der Waals surface area contributed by atoms with E-state index in [1.165, 1.54) is 19.3 Å². The van der Waals surface area contributed by atoms with E-state index in [-0.39, 0.29) is 6.42 Å². The number of nitrogens with zero attached hydrogens (tertiary/aromatic N) is 4. The van der Waals surface area contributed by atoms with Gasteiger partial charge in [-0.05, 0) is 43.0 Å². The molecule has 0 unspecified atom stereocenters. The molecular weight excluding hydrogens is 382 g/mol. The van der Waals surface area contributed by atoms with Crippen LogP contribution in [0.3, 0.4) is 0 Å². The molecule has 1 aromatic carbocycles. The summed E-state index contributed by atoms with van der Waals surface area (Å²) in [7, 11) is 0. The lowest BCUT2D eigenvalue weighted by atomic mass is 10.1. The van der Waals surface area contributed by atoms with Crippen LogP contribution in [0.1, 0.15) is 24.8 Å². The zero-order chi connectivity index (χ0) is 20.8. The Morgan fingerprint density at radius 2 is 1.80 bits per heavy atom. The van der Waals surface area contributed by atoms with E-state index in [1.54, 1.807) is 42.7 Å². The summed E-state index contributed by atoms with van der Waals surface area (Å²) in [4.78, 5) is 26.5. The standard InChI is InChI=1S/C22H23N5O3/c28-22(29)13-16-7-9-17(10-8-16)30-21-6-4-5-18(26-21)24-19-14-23-15-20(25-19)27-11-2-1-3-12-27/h4-10,14-15H,1-3,11-13H2,(H,28,29)(H,24,25,26). The summed E-state index contributed by atoms with van der Waals surface area (Å²) in [5.74, 6) is 2.23. The Balaban J connectivity index is 1.43. The number of aromatic nitrogens is 3. The molecule has 154 valence electrons. The van der Waals surface area contributed by atoms with Crippen molar-refractivity contribution in [3.63, 3.8) is 0 Å². The minimum absolute atomic E-state index is 0.0184. The van der Waals surface area contributed by atoms with Gasteiger partial charge >= 0.3 is 5.97 Å². The normalized spacial score (nSPS) is 13.7. The van der Waals surface area contributed by atoms with Crippen molar-refractivity contribution in [1.29, 1.82) is 0 Å². The van der Waals surface area contributed by atoms with E-state index in [1.807, 2.05) is 12.1 Å². The molecule has 0 radical (unpaired) electrons. The van der Waals surface area contributed by atoms with Gasteiger partial charge in [0.15, 0.2) is 5.82 Å². The number of hydrogen-bond donors (Lipinski definition) is 2. The number of anilines is 3. The molecule has 1 fully saturated rings. The minimum Gasteiger partial charge on any atom is -0.481 e. The number of carbonyl (C=O) groups is 1. The highest BCUT2D eigenvalue weighted by Gasteiger charge is 2.13. The molecule has 3 heterocycles. The summed E-state index contributed by atoms with van der Waals surface area (Å²) in [5, 5.41) is 12.0. The zero-order valence-corrected chi connectivity index (χ0v) is 16.5. The Hall–Kier alpha value is -3.68. The second-order valence-electron chi connectivity index (χ2n) is 7.11. The molecule has 0 saturated carbocycles. The number of piperidine rings is 1. The van der Waals surface area contributed by atoms with Crippen LogP contribution in [0.4, 0.5) is 17.5 Å². The number of carboxylic acids is 1. The quantitative estimate of drug-likeness (QED) is 0.608. The average Bonchev–Trinajstić information content (AvgIpc) is 2.76. The van der Waals surface area contributed by atoms with Crippen molar-refractivity contribution in [1.82, 2.24) is 15.0 Å². The molecule has 8 heteroatoms.